The van der Waals surface area contributed by atoms with Crippen molar-refractivity contribution in [3.05, 3.63) is 76.1 Å². The molecule has 1 heterocycles. The van der Waals surface area contributed by atoms with E-state index in [1.807, 2.05) is 38.1 Å². The summed E-state index contributed by atoms with van der Waals surface area (Å²) in [4.78, 5) is 24.3. The molecule has 2 N–H and O–H groups in total. The molecule has 0 aliphatic heterocycles. The summed E-state index contributed by atoms with van der Waals surface area (Å²) < 4.78 is 12.7. The van der Waals surface area contributed by atoms with Gasteiger partial charge in [0.1, 0.15) is 0 Å². The first-order valence-electron chi connectivity index (χ1n) is 11.3. The zero-order valence-electron chi connectivity index (χ0n) is 21.1. The zero-order chi connectivity index (χ0) is 25.5. The second kappa shape index (κ2) is 11.4. The van der Waals surface area contributed by atoms with Gasteiger partial charge in [-0.05, 0) is 69.0 Å². The van der Waals surface area contributed by atoms with Crippen LogP contribution in [0.4, 0.5) is 0 Å². The molecule has 35 heavy (non-hydrogen) atoms. The van der Waals surface area contributed by atoms with Crippen LogP contribution in [0.25, 0.3) is 5.69 Å². The van der Waals surface area contributed by atoms with Crippen LogP contribution >= 0.6 is 0 Å². The number of nitrogens with one attached hydrogen (secondary N) is 2. The monoisotopic (exact) mass is 476 g/mol. The van der Waals surface area contributed by atoms with E-state index in [1.54, 1.807) is 26.5 Å². The number of hydrazone groups is 1. The normalized spacial score (nSPS) is 10.9. The van der Waals surface area contributed by atoms with Crippen molar-refractivity contribution >= 4 is 18.0 Å². The topological polar surface area (TPSA) is 94.0 Å². The smallest absolute Gasteiger partial charge is 0.329 e. The van der Waals surface area contributed by atoms with Crippen molar-refractivity contribution in [3.63, 3.8) is 0 Å². The summed E-state index contributed by atoms with van der Waals surface area (Å²) in [7, 11) is 3.14. The molecular weight excluding hydrogens is 444 g/mol. The van der Waals surface area contributed by atoms with Crippen molar-refractivity contribution in [1.82, 2.24) is 15.3 Å². The fourth-order valence-electron chi connectivity index (χ4n) is 4.07. The number of rotatable bonds is 8. The van der Waals surface area contributed by atoms with Crippen LogP contribution in [0.3, 0.4) is 0 Å². The third kappa shape index (κ3) is 5.90. The molecule has 0 saturated carbocycles. The molecular formula is C27H32N4O4. The highest BCUT2D eigenvalue weighted by molar-refractivity contribution is 6.35. The van der Waals surface area contributed by atoms with Crippen LogP contribution in [0.5, 0.6) is 11.5 Å². The number of nitrogens with zero attached hydrogens (tertiary/aromatic N) is 2. The van der Waals surface area contributed by atoms with Gasteiger partial charge in [0.25, 0.3) is 0 Å². The van der Waals surface area contributed by atoms with Crippen LogP contribution in [0.1, 0.15) is 33.6 Å². The van der Waals surface area contributed by atoms with Gasteiger partial charge in [-0.15, -0.1) is 0 Å². The molecule has 0 radical (unpaired) electrons. The predicted octanol–water partition coefficient (Wildman–Crippen LogP) is 3.54. The van der Waals surface area contributed by atoms with Crippen molar-refractivity contribution in [2.45, 2.75) is 34.1 Å². The minimum Gasteiger partial charge on any atom is -0.493 e. The van der Waals surface area contributed by atoms with Gasteiger partial charge in [0.15, 0.2) is 11.5 Å². The van der Waals surface area contributed by atoms with E-state index in [4.69, 9.17) is 9.47 Å². The average Bonchev–Trinajstić information content (AvgIpc) is 3.11. The van der Waals surface area contributed by atoms with Crippen LogP contribution in [0.15, 0.2) is 47.6 Å². The van der Waals surface area contributed by atoms with E-state index in [2.05, 4.69) is 46.4 Å². The van der Waals surface area contributed by atoms with Gasteiger partial charge in [-0.3, -0.25) is 9.59 Å². The molecule has 0 aliphatic carbocycles. The van der Waals surface area contributed by atoms with E-state index < -0.39 is 11.8 Å². The number of carbonyl (C=O) groups is 2. The molecule has 0 unspecified atom stereocenters. The van der Waals surface area contributed by atoms with Crippen LogP contribution < -0.4 is 20.2 Å². The molecule has 184 valence electrons. The molecule has 0 fully saturated rings. The number of ether oxygens (including phenoxy) is 2. The highest BCUT2D eigenvalue weighted by Gasteiger charge is 2.15. The molecule has 0 spiro atoms. The predicted molar refractivity (Wildman–Crippen MR) is 137 cm³/mol. The van der Waals surface area contributed by atoms with Crippen LogP contribution in [-0.4, -0.2) is 43.4 Å². The highest BCUT2D eigenvalue weighted by atomic mass is 16.5. The summed E-state index contributed by atoms with van der Waals surface area (Å²) in [5.41, 5.74) is 9.65. The Kier molecular flexibility index (Phi) is 8.30. The maximum Gasteiger partial charge on any atom is 0.329 e. The van der Waals surface area contributed by atoms with Crippen molar-refractivity contribution in [2.24, 2.45) is 5.10 Å². The number of aromatic nitrogens is 1. The summed E-state index contributed by atoms with van der Waals surface area (Å²) in [6, 6.07) is 13.7. The largest absolute Gasteiger partial charge is 0.493 e. The SMILES string of the molecule is COc1ccc(CCNC(=O)C(=O)N/N=C\c2cc(C)n(-c3c(C)cccc3C)c2C)cc1OC. The fourth-order valence-corrected chi connectivity index (χ4v) is 4.07. The Morgan fingerprint density at radius 1 is 0.943 bits per heavy atom. The third-order valence-electron chi connectivity index (χ3n) is 5.86. The van der Waals surface area contributed by atoms with E-state index in [0.717, 1.165) is 28.2 Å². The van der Waals surface area contributed by atoms with Crippen LogP contribution in [-0.2, 0) is 16.0 Å². The maximum atomic E-state index is 12.1. The van der Waals surface area contributed by atoms with Crippen molar-refractivity contribution in [1.29, 1.82) is 0 Å². The van der Waals surface area contributed by atoms with E-state index in [1.165, 1.54) is 11.1 Å². The maximum absolute atomic E-state index is 12.1. The minimum atomic E-state index is -0.822. The minimum absolute atomic E-state index is 0.294. The molecule has 8 heteroatoms. The summed E-state index contributed by atoms with van der Waals surface area (Å²) >= 11 is 0. The Morgan fingerprint density at radius 3 is 2.29 bits per heavy atom. The molecule has 2 amide bonds. The Labute approximate surface area is 205 Å². The number of para-hydroxylation sites is 1. The van der Waals surface area contributed by atoms with Crippen molar-refractivity contribution in [3.8, 4) is 17.2 Å². The van der Waals surface area contributed by atoms with Crippen LogP contribution in [0.2, 0.25) is 0 Å². The van der Waals surface area contributed by atoms with Gasteiger partial charge in [-0.2, -0.15) is 5.10 Å². The Morgan fingerprint density at radius 2 is 1.63 bits per heavy atom. The first kappa shape index (κ1) is 25.6. The lowest BCUT2D eigenvalue weighted by Crippen LogP contribution is -2.38. The summed E-state index contributed by atoms with van der Waals surface area (Å²) in [5.74, 6) is -0.326. The van der Waals surface area contributed by atoms with Gasteiger partial charge >= 0.3 is 11.8 Å². The molecule has 0 bridgehead atoms. The number of carbonyl (C=O) groups excluding carboxylic acids is 2. The summed E-state index contributed by atoms with van der Waals surface area (Å²) in [5, 5.41) is 6.60. The average molecular weight is 477 g/mol. The third-order valence-corrected chi connectivity index (χ3v) is 5.86. The zero-order valence-corrected chi connectivity index (χ0v) is 21.1. The second-order valence-corrected chi connectivity index (χ2v) is 8.30. The lowest BCUT2D eigenvalue weighted by Gasteiger charge is -2.15. The van der Waals surface area contributed by atoms with E-state index in [9.17, 15) is 9.59 Å². The quantitative estimate of drug-likeness (QED) is 0.295. The Bertz CT molecular complexity index is 1240. The van der Waals surface area contributed by atoms with Crippen molar-refractivity contribution < 1.29 is 19.1 Å². The number of amides is 2. The van der Waals surface area contributed by atoms with Crippen LogP contribution in [0, 0.1) is 27.7 Å². The second-order valence-electron chi connectivity index (χ2n) is 8.30. The molecule has 1 aromatic heterocycles. The number of aryl methyl sites for hydroxylation is 3. The van der Waals surface area contributed by atoms with E-state index in [0.29, 0.717) is 24.5 Å². The lowest BCUT2D eigenvalue weighted by atomic mass is 10.1. The first-order valence-corrected chi connectivity index (χ1v) is 11.3. The number of hydrogen-bond acceptors (Lipinski definition) is 5. The van der Waals surface area contributed by atoms with Gasteiger partial charge in [0.2, 0.25) is 0 Å². The highest BCUT2D eigenvalue weighted by Crippen LogP contribution is 2.27. The van der Waals surface area contributed by atoms with Gasteiger partial charge in [-0.25, -0.2) is 5.43 Å². The molecule has 2 aromatic carbocycles. The molecule has 0 aliphatic rings. The summed E-state index contributed by atoms with van der Waals surface area (Å²) in [6.07, 6.45) is 2.09. The van der Waals surface area contributed by atoms with Gasteiger partial charge < -0.3 is 19.4 Å². The number of methoxy groups -OCH3 is 2. The Balaban J connectivity index is 1.57. The van der Waals surface area contributed by atoms with Crippen molar-refractivity contribution in [2.75, 3.05) is 20.8 Å². The number of benzene rings is 2. The molecule has 8 nitrogen and oxygen atoms in total. The fraction of sp³-hybridized carbons (Fsp3) is 0.296. The first-order chi connectivity index (χ1) is 16.8. The van der Waals surface area contributed by atoms with Gasteiger partial charge in [0, 0.05) is 23.5 Å². The molecule has 3 rings (SSSR count). The Hall–Kier alpha value is -4.07. The molecule has 0 atom stereocenters. The van der Waals surface area contributed by atoms with E-state index >= 15 is 0 Å². The lowest BCUT2D eigenvalue weighted by molar-refractivity contribution is -0.139. The van der Waals surface area contributed by atoms with Gasteiger partial charge in [-0.1, -0.05) is 24.3 Å². The van der Waals surface area contributed by atoms with E-state index in [-0.39, 0.29) is 0 Å². The summed E-state index contributed by atoms with van der Waals surface area (Å²) in [6.45, 7) is 8.49. The molecule has 3 aromatic rings. The standard InChI is InChI=1S/C27H32N4O4/c1-17-8-7-9-18(2)25(17)31-19(3)14-22(20(31)4)16-29-30-27(33)26(32)28-13-12-21-10-11-23(34-5)24(15-21)35-6/h7-11,14-16H,12-13H2,1-6H3,(H,28,32)(H,30,33)/b29-16-. The molecule has 0 saturated heterocycles. The van der Waals surface area contributed by atoms with Gasteiger partial charge in [0.05, 0.1) is 26.1 Å². The number of hydrogen-bond donors (Lipinski definition) is 2.